The van der Waals surface area contributed by atoms with Crippen LogP contribution in [0.15, 0.2) is 170 Å². The van der Waals surface area contributed by atoms with Crippen LogP contribution in [0.25, 0.3) is 67.3 Å². The minimum Gasteiger partial charge on any atom is -0.228 e. The lowest BCUT2D eigenvalue weighted by Gasteiger charge is -2.30. The van der Waals surface area contributed by atoms with Gasteiger partial charge in [0.25, 0.3) is 0 Å². The van der Waals surface area contributed by atoms with Crippen LogP contribution in [0.3, 0.4) is 0 Å². The van der Waals surface area contributed by atoms with Crippen molar-refractivity contribution in [3.05, 3.63) is 192 Å². The lowest BCUT2D eigenvalue weighted by molar-refractivity contribution is 0.794. The van der Waals surface area contributed by atoms with Crippen molar-refractivity contribution < 1.29 is 0 Å². The maximum atomic E-state index is 5.21. The maximum absolute atomic E-state index is 5.21. The molecule has 2 aliphatic carbocycles. The van der Waals surface area contributed by atoms with E-state index in [4.69, 9.17) is 9.97 Å². The molecule has 0 saturated carbocycles. The second-order valence-corrected chi connectivity index (χ2v) is 28.0. The lowest BCUT2D eigenvalue weighted by atomic mass is 9.70. The van der Waals surface area contributed by atoms with Gasteiger partial charge in [-0.25, -0.2) is 9.97 Å². The number of hydrogen-bond donors (Lipinski definition) is 0. The molecule has 0 atom stereocenters. The first-order valence-electron chi connectivity index (χ1n) is 20.2. The third-order valence-corrected chi connectivity index (χ3v) is 16.4. The molecule has 7 aromatic carbocycles. The van der Waals surface area contributed by atoms with Gasteiger partial charge in [-0.3, -0.25) is 0 Å². The fourth-order valence-electron chi connectivity index (χ4n) is 9.24. The highest BCUT2D eigenvalue weighted by Crippen LogP contribution is 2.62. The topological polar surface area (TPSA) is 25.8 Å². The predicted octanol–water partition coefficient (Wildman–Crippen LogP) is 12.6. The average Bonchev–Trinajstić information content (AvgIpc) is 3.70. The number of rotatable bonds is 6. The average molecular weight is 767 g/mol. The summed E-state index contributed by atoms with van der Waals surface area (Å²) in [5.74, 6) is 0.737. The van der Waals surface area contributed by atoms with Crippen molar-refractivity contribution in [2.45, 2.75) is 44.7 Å². The number of fused-ring (bicyclic) bond motifs is 10. The van der Waals surface area contributed by atoms with E-state index in [-0.39, 0.29) is 5.41 Å². The first kappa shape index (κ1) is 35.5. The Morgan fingerprint density at radius 2 is 0.702 bits per heavy atom. The van der Waals surface area contributed by atoms with Gasteiger partial charge >= 0.3 is 0 Å². The van der Waals surface area contributed by atoms with Crippen molar-refractivity contribution in [3.63, 3.8) is 0 Å². The van der Waals surface area contributed by atoms with Crippen molar-refractivity contribution in [1.82, 2.24) is 9.97 Å². The monoisotopic (exact) mass is 766 g/mol. The molecule has 0 amide bonds. The van der Waals surface area contributed by atoms with Gasteiger partial charge in [0.15, 0.2) is 5.82 Å². The summed E-state index contributed by atoms with van der Waals surface area (Å²) in [6.07, 6.45) is 0. The highest BCUT2D eigenvalue weighted by Gasteiger charge is 2.51. The van der Waals surface area contributed by atoms with Gasteiger partial charge in [0.05, 0.1) is 33.0 Å². The molecule has 0 radical (unpaired) electrons. The van der Waals surface area contributed by atoms with Crippen LogP contribution in [0.2, 0.25) is 39.3 Å². The highest BCUT2D eigenvalue weighted by atomic mass is 28.3. The van der Waals surface area contributed by atoms with Gasteiger partial charge in [-0.2, -0.15) is 0 Å². The molecule has 0 unspecified atom stereocenters. The molecule has 0 aliphatic heterocycles. The molecule has 276 valence electrons. The van der Waals surface area contributed by atoms with Crippen LogP contribution in [-0.2, 0) is 5.41 Å². The summed E-state index contributed by atoms with van der Waals surface area (Å²) >= 11 is 0. The summed E-state index contributed by atoms with van der Waals surface area (Å²) in [6, 6.07) is 63.2. The largest absolute Gasteiger partial charge is 0.228 e. The summed E-state index contributed by atoms with van der Waals surface area (Å²) in [6.45, 7) is 14.3. The Bertz CT molecular complexity index is 2720. The van der Waals surface area contributed by atoms with Crippen molar-refractivity contribution in [3.8, 4) is 67.3 Å². The van der Waals surface area contributed by atoms with Gasteiger partial charge in [0, 0.05) is 16.7 Å². The number of benzene rings is 7. The van der Waals surface area contributed by atoms with Crippen LogP contribution in [0.4, 0.5) is 0 Å². The first-order valence-corrected chi connectivity index (χ1v) is 27.2. The van der Waals surface area contributed by atoms with Gasteiger partial charge in [-0.1, -0.05) is 207 Å². The molecule has 2 nitrogen and oxygen atoms in total. The third kappa shape index (κ3) is 5.73. The Morgan fingerprint density at radius 1 is 0.333 bits per heavy atom. The summed E-state index contributed by atoms with van der Waals surface area (Å²) in [5, 5.41) is 2.89. The normalized spacial score (nSPS) is 13.6. The van der Waals surface area contributed by atoms with E-state index < -0.39 is 16.1 Å². The highest BCUT2D eigenvalue weighted by molar-refractivity contribution is 6.89. The maximum Gasteiger partial charge on any atom is 0.160 e. The van der Waals surface area contributed by atoms with E-state index in [9.17, 15) is 0 Å². The molecule has 0 saturated heterocycles. The van der Waals surface area contributed by atoms with E-state index in [0.29, 0.717) is 0 Å². The Kier molecular flexibility index (Phi) is 8.12. The Balaban J connectivity index is 1.05. The molecule has 1 aromatic heterocycles. The van der Waals surface area contributed by atoms with E-state index >= 15 is 0 Å². The van der Waals surface area contributed by atoms with Crippen molar-refractivity contribution in [2.24, 2.45) is 0 Å². The van der Waals surface area contributed by atoms with Gasteiger partial charge < -0.3 is 0 Å². The zero-order valence-electron chi connectivity index (χ0n) is 33.6. The minimum atomic E-state index is -1.43. The van der Waals surface area contributed by atoms with Gasteiger partial charge in [-0.15, -0.1) is 0 Å². The van der Waals surface area contributed by atoms with Gasteiger partial charge in [0.2, 0.25) is 0 Å². The van der Waals surface area contributed by atoms with E-state index in [1.807, 2.05) is 0 Å². The van der Waals surface area contributed by atoms with Crippen molar-refractivity contribution >= 4 is 26.5 Å². The van der Waals surface area contributed by atoms with Crippen LogP contribution < -0.4 is 10.4 Å². The Labute approximate surface area is 339 Å². The molecule has 8 aromatic rings. The standard InChI is InChI=1S/C53H46N2Si2/c1-56(2,3)40-28-23-36(24-29-40)50-34-51(37-25-30-41(31-26-37)57(4,5)6)55-52(54-50)38-21-19-35(20-22-38)39-27-32-49-45(33-39)44-15-9-12-18-48(44)53(49)46-16-10-7-13-42(46)43-14-8-11-17-47(43)53/h7-34H,1-6H3. The fraction of sp³-hybridized carbons (Fsp3) is 0.132. The molecule has 0 bridgehead atoms. The Morgan fingerprint density at radius 3 is 1.16 bits per heavy atom. The number of aromatic nitrogens is 2. The molecule has 0 N–H and O–H groups in total. The molecular weight excluding hydrogens is 721 g/mol. The fourth-order valence-corrected chi connectivity index (χ4v) is 11.6. The number of hydrogen-bond acceptors (Lipinski definition) is 2. The van der Waals surface area contributed by atoms with Crippen molar-refractivity contribution in [1.29, 1.82) is 0 Å². The quantitative estimate of drug-likeness (QED) is 0.158. The van der Waals surface area contributed by atoms with E-state index in [1.165, 1.54) is 66.0 Å². The molecule has 1 heterocycles. The van der Waals surface area contributed by atoms with E-state index in [0.717, 1.165) is 33.9 Å². The van der Waals surface area contributed by atoms with Crippen LogP contribution in [0.1, 0.15) is 22.3 Å². The van der Waals surface area contributed by atoms with Crippen LogP contribution in [0.5, 0.6) is 0 Å². The second-order valence-electron chi connectivity index (χ2n) is 17.8. The first-order chi connectivity index (χ1) is 27.5. The molecule has 10 rings (SSSR count). The molecule has 1 spiro atoms. The molecule has 4 heteroatoms. The SMILES string of the molecule is C[Si](C)(C)c1ccc(-c2cc(-c3ccc([Si](C)(C)C)cc3)nc(-c3ccc(-c4ccc5c(c4)-c4ccccc4C54c5ccccc5-c5ccccc54)cc3)n2)cc1. The zero-order valence-corrected chi connectivity index (χ0v) is 35.6. The predicted molar refractivity (Wildman–Crippen MR) is 246 cm³/mol. The summed E-state index contributed by atoms with van der Waals surface area (Å²) in [7, 11) is -2.86. The van der Waals surface area contributed by atoms with Crippen LogP contribution >= 0.6 is 0 Å². The third-order valence-electron chi connectivity index (χ3n) is 12.3. The van der Waals surface area contributed by atoms with Gasteiger partial charge in [0.1, 0.15) is 0 Å². The lowest BCUT2D eigenvalue weighted by Crippen LogP contribution is -2.37. The molecule has 2 aliphatic rings. The zero-order chi connectivity index (χ0) is 39.1. The summed E-state index contributed by atoms with van der Waals surface area (Å²) < 4.78 is 0. The second kappa shape index (κ2) is 13.1. The summed E-state index contributed by atoms with van der Waals surface area (Å²) in [4.78, 5) is 10.4. The molecular formula is C53H46N2Si2. The van der Waals surface area contributed by atoms with Crippen molar-refractivity contribution in [2.75, 3.05) is 0 Å². The van der Waals surface area contributed by atoms with Crippen LogP contribution in [0, 0.1) is 0 Å². The Hall–Kier alpha value is -5.95. The van der Waals surface area contributed by atoms with E-state index in [2.05, 4.69) is 209 Å². The molecule has 0 fully saturated rings. The minimum absolute atomic E-state index is 0.328. The van der Waals surface area contributed by atoms with Gasteiger partial charge in [-0.05, 0) is 67.8 Å². The van der Waals surface area contributed by atoms with Crippen LogP contribution in [-0.4, -0.2) is 26.1 Å². The summed E-state index contributed by atoms with van der Waals surface area (Å²) in [5.41, 5.74) is 17.9. The van der Waals surface area contributed by atoms with E-state index in [1.54, 1.807) is 0 Å². The smallest absolute Gasteiger partial charge is 0.160 e. The molecule has 57 heavy (non-hydrogen) atoms. The number of nitrogens with zero attached hydrogens (tertiary/aromatic N) is 2.